The summed E-state index contributed by atoms with van der Waals surface area (Å²) < 4.78 is 0. The number of hydrogen-bond donors (Lipinski definition) is 1. The van der Waals surface area contributed by atoms with E-state index in [1.165, 1.54) is 5.01 Å². The molecule has 4 heteroatoms. The first-order valence-electron chi connectivity index (χ1n) is 4.03. The van der Waals surface area contributed by atoms with Gasteiger partial charge in [-0.1, -0.05) is 0 Å². The number of aromatic nitrogens is 1. The lowest BCUT2D eigenvalue weighted by Crippen LogP contribution is -2.41. The molecule has 1 aromatic heterocycles. The number of nitrogens with zero attached hydrogens (tertiary/aromatic N) is 2. The van der Waals surface area contributed by atoms with Crippen LogP contribution >= 0.6 is 11.3 Å². The van der Waals surface area contributed by atoms with Gasteiger partial charge in [0.25, 0.3) is 0 Å². The van der Waals surface area contributed by atoms with Gasteiger partial charge in [-0.3, -0.25) is 0 Å². The summed E-state index contributed by atoms with van der Waals surface area (Å²) in [6.45, 7) is 2.34. The number of rotatable bonds is 2. The predicted molar refractivity (Wildman–Crippen MR) is 48.3 cm³/mol. The molecule has 1 saturated heterocycles. The number of likely N-dealkylation sites (tertiary alicyclic amines) is 1. The summed E-state index contributed by atoms with van der Waals surface area (Å²) in [5, 5.41) is 10.0. The van der Waals surface area contributed by atoms with Crippen LogP contribution in [0, 0.1) is 0 Å². The highest BCUT2D eigenvalue weighted by molar-refractivity contribution is 7.11. The Labute approximate surface area is 75.7 Å². The molecule has 0 bridgehead atoms. The number of hydrogen-bond acceptors (Lipinski definition) is 4. The fourth-order valence-corrected chi connectivity index (χ4v) is 2.30. The Morgan fingerprint density at radius 2 is 2.50 bits per heavy atom. The maximum Gasteiger partial charge on any atom is 0.0985 e. The molecule has 0 saturated carbocycles. The highest BCUT2D eigenvalue weighted by Crippen LogP contribution is 2.28. The van der Waals surface area contributed by atoms with Gasteiger partial charge in [-0.15, -0.1) is 11.3 Å². The van der Waals surface area contributed by atoms with Crippen molar-refractivity contribution >= 4 is 11.3 Å². The third-order valence-corrected chi connectivity index (χ3v) is 3.29. The smallest absolute Gasteiger partial charge is 0.0985 e. The quantitative estimate of drug-likeness (QED) is 0.733. The molecule has 1 fully saturated rings. The van der Waals surface area contributed by atoms with E-state index < -0.39 is 0 Å². The minimum atomic E-state index is 0.125. The normalized spacial score (nSPS) is 19.5. The Morgan fingerprint density at radius 1 is 1.75 bits per heavy atom. The number of aliphatic hydroxyl groups excluding tert-OH is 1. The molecule has 0 atom stereocenters. The molecule has 1 N–H and O–H groups in total. The molecule has 0 unspecified atom stereocenters. The van der Waals surface area contributed by atoms with E-state index in [-0.39, 0.29) is 6.61 Å². The van der Waals surface area contributed by atoms with Crippen molar-refractivity contribution in [2.75, 3.05) is 20.1 Å². The van der Waals surface area contributed by atoms with E-state index in [0.29, 0.717) is 5.92 Å². The van der Waals surface area contributed by atoms with E-state index in [0.717, 1.165) is 18.0 Å². The van der Waals surface area contributed by atoms with Crippen molar-refractivity contribution < 1.29 is 5.11 Å². The second kappa shape index (κ2) is 3.12. The van der Waals surface area contributed by atoms with Gasteiger partial charge in [0.1, 0.15) is 0 Å². The molecule has 66 valence electrons. The van der Waals surface area contributed by atoms with Crippen molar-refractivity contribution in [2.24, 2.45) is 0 Å². The minimum Gasteiger partial charge on any atom is -0.391 e. The standard InChI is InChI=1S/C8H12N2OS/c1-10-3-6(4-10)8-9-2-7(5-11)12-8/h2,6,11H,3-5H2,1H3. The van der Waals surface area contributed by atoms with E-state index >= 15 is 0 Å². The van der Waals surface area contributed by atoms with E-state index in [1.807, 2.05) is 0 Å². The molecule has 3 nitrogen and oxygen atoms in total. The zero-order valence-corrected chi connectivity index (χ0v) is 7.84. The van der Waals surface area contributed by atoms with Gasteiger partial charge in [0.2, 0.25) is 0 Å². The van der Waals surface area contributed by atoms with Crippen LogP contribution in [0.25, 0.3) is 0 Å². The summed E-state index contributed by atoms with van der Waals surface area (Å²) in [6, 6.07) is 0. The summed E-state index contributed by atoms with van der Waals surface area (Å²) in [5.41, 5.74) is 0. The summed E-state index contributed by atoms with van der Waals surface area (Å²) in [5.74, 6) is 0.611. The molecule has 1 aliphatic heterocycles. The zero-order chi connectivity index (χ0) is 8.55. The molecule has 0 amide bonds. The molecular weight excluding hydrogens is 172 g/mol. The second-order valence-corrected chi connectivity index (χ2v) is 4.39. The lowest BCUT2D eigenvalue weighted by Gasteiger charge is -2.34. The molecule has 0 spiro atoms. The van der Waals surface area contributed by atoms with Crippen LogP contribution in [0.1, 0.15) is 15.8 Å². The Balaban J connectivity index is 2.04. The van der Waals surface area contributed by atoms with Gasteiger partial charge in [-0.25, -0.2) is 4.98 Å². The van der Waals surface area contributed by atoms with Crippen molar-refractivity contribution in [3.05, 3.63) is 16.1 Å². The van der Waals surface area contributed by atoms with Crippen LogP contribution in [0.2, 0.25) is 0 Å². The molecule has 2 rings (SSSR count). The van der Waals surface area contributed by atoms with Crippen molar-refractivity contribution in [1.29, 1.82) is 0 Å². The van der Waals surface area contributed by atoms with Gasteiger partial charge in [0.05, 0.1) is 16.5 Å². The van der Waals surface area contributed by atoms with Gasteiger partial charge >= 0.3 is 0 Å². The van der Waals surface area contributed by atoms with E-state index in [4.69, 9.17) is 5.11 Å². The molecule has 1 aliphatic rings. The van der Waals surface area contributed by atoms with E-state index in [2.05, 4.69) is 16.9 Å². The lowest BCUT2D eigenvalue weighted by atomic mass is 10.0. The SMILES string of the molecule is CN1CC(c2ncc(CO)s2)C1. The topological polar surface area (TPSA) is 36.4 Å². The van der Waals surface area contributed by atoms with Crippen LogP contribution in [0.4, 0.5) is 0 Å². The first kappa shape index (κ1) is 8.16. The Hall–Kier alpha value is -0.450. The maximum atomic E-state index is 8.84. The van der Waals surface area contributed by atoms with Crippen molar-refractivity contribution in [3.63, 3.8) is 0 Å². The fraction of sp³-hybridized carbons (Fsp3) is 0.625. The summed E-state index contributed by atoms with van der Waals surface area (Å²) in [7, 11) is 2.11. The largest absolute Gasteiger partial charge is 0.391 e. The highest BCUT2D eigenvalue weighted by Gasteiger charge is 2.27. The summed E-state index contributed by atoms with van der Waals surface area (Å²) in [4.78, 5) is 7.52. The van der Waals surface area contributed by atoms with Gasteiger partial charge < -0.3 is 10.0 Å². The Morgan fingerprint density at radius 3 is 3.00 bits per heavy atom. The molecule has 2 heterocycles. The monoisotopic (exact) mass is 184 g/mol. The van der Waals surface area contributed by atoms with Gasteiger partial charge in [-0.05, 0) is 7.05 Å². The van der Waals surface area contributed by atoms with Gasteiger partial charge in [-0.2, -0.15) is 0 Å². The first-order chi connectivity index (χ1) is 5.79. The van der Waals surface area contributed by atoms with Crippen LogP contribution in [0.15, 0.2) is 6.20 Å². The molecule has 0 radical (unpaired) electrons. The van der Waals surface area contributed by atoms with Crippen LogP contribution in [0.5, 0.6) is 0 Å². The van der Waals surface area contributed by atoms with Crippen LogP contribution in [-0.2, 0) is 6.61 Å². The first-order valence-corrected chi connectivity index (χ1v) is 4.85. The molecule has 12 heavy (non-hydrogen) atoms. The fourth-order valence-electron chi connectivity index (χ4n) is 1.44. The van der Waals surface area contributed by atoms with E-state index in [1.54, 1.807) is 17.5 Å². The number of thiazole rings is 1. The van der Waals surface area contributed by atoms with Crippen LogP contribution < -0.4 is 0 Å². The van der Waals surface area contributed by atoms with Crippen molar-refractivity contribution in [2.45, 2.75) is 12.5 Å². The van der Waals surface area contributed by atoms with Crippen LogP contribution in [0.3, 0.4) is 0 Å². The average molecular weight is 184 g/mol. The molecule has 0 aromatic carbocycles. The molecular formula is C8H12N2OS. The van der Waals surface area contributed by atoms with Gasteiger partial charge in [0.15, 0.2) is 0 Å². The van der Waals surface area contributed by atoms with Crippen molar-refractivity contribution in [3.8, 4) is 0 Å². The third kappa shape index (κ3) is 1.37. The summed E-state index contributed by atoms with van der Waals surface area (Å²) >= 11 is 1.63. The Kier molecular flexibility index (Phi) is 2.12. The molecule has 1 aromatic rings. The zero-order valence-electron chi connectivity index (χ0n) is 7.03. The van der Waals surface area contributed by atoms with Crippen LogP contribution in [-0.4, -0.2) is 35.1 Å². The Bertz CT molecular complexity index is 268. The second-order valence-electron chi connectivity index (χ2n) is 3.24. The van der Waals surface area contributed by atoms with Gasteiger partial charge in [0, 0.05) is 25.2 Å². The summed E-state index contributed by atoms with van der Waals surface area (Å²) in [6.07, 6.45) is 1.78. The lowest BCUT2D eigenvalue weighted by molar-refractivity contribution is 0.189. The third-order valence-electron chi connectivity index (χ3n) is 2.14. The minimum absolute atomic E-state index is 0.125. The average Bonchev–Trinajstić information content (AvgIpc) is 2.46. The molecule has 0 aliphatic carbocycles. The van der Waals surface area contributed by atoms with E-state index in [9.17, 15) is 0 Å². The maximum absolute atomic E-state index is 8.84. The highest BCUT2D eigenvalue weighted by atomic mass is 32.1. The predicted octanol–water partition coefficient (Wildman–Crippen LogP) is 0.664. The number of aliphatic hydroxyl groups is 1. The number of likely N-dealkylation sites (N-methyl/N-ethyl adjacent to an activating group) is 1. The van der Waals surface area contributed by atoms with Crippen molar-refractivity contribution in [1.82, 2.24) is 9.88 Å².